The molecule has 0 spiro atoms. The smallest absolute Gasteiger partial charge is 0.118 e. The molecule has 1 atom stereocenters. The molecule has 94 valence electrons. The predicted octanol–water partition coefficient (Wildman–Crippen LogP) is 1.53. The third-order valence-electron chi connectivity index (χ3n) is 3.33. The van der Waals surface area contributed by atoms with Crippen LogP contribution in [0.3, 0.4) is 0 Å². The van der Waals surface area contributed by atoms with Crippen LogP contribution in [-0.2, 0) is 6.42 Å². The first kappa shape index (κ1) is 12.4. The highest BCUT2D eigenvalue weighted by Gasteiger charge is 2.14. The molecular formula is C14H22N2O. The van der Waals surface area contributed by atoms with Gasteiger partial charge < -0.3 is 15.0 Å². The van der Waals surface area contributed by atoms with Crippen molar-refractivity contribution in [1.29, 1.82) is 0 Å². The summed E-state index contributed by atoms with van der Waals surface area (Å²) in [6.45, 7) is 6.85. The number of methoxy groups -OCH3 is 1. The second kappa shape index (κ2) is 6.03. The van der Waals surface area contributed by atoms with E-state index >= 15 is 0 Å². The van der Waals surface area contributed by atoms with Crippen molar-refractivity contribution in [2.75, 3.05) is 33.3 Å². The van der Waals surface area contributed by atoms with E-state index in [-0.39, 0.29) is 0 Å². The van der Waals surface area contributed by atoms with Gasteiger partial charge in [0.15, 0.2) is 0 Å². The zero-order valence-electron chi connectivity index (χ0n) is 10.8. The Morgan fingerprint density at radius 2 is 2.12 bits per heavy atom. The van der Waals surface area contributed by atoms with Gasteiger partial charge in [0, 0.05) is 32.2 Å². The van der Waals surface area contributed by atoms with E-state index in [4.69, 9.17) is 4.74 Å². The minimum atomic E-state index is 0.625. The fourth-order valence-corrected chi connectivity index (χ4v) is 2.29. The molecule has 0 aliphatic carbocycles. The van der Waals surface area contributed by atoms with E-state index < -0.39 is 0 Å². The Labute approximate surface area is 104 Å². The first-order chi connectivity index (χ1) is 8.28. The molecular weight excluding hydrogens is 212 g/mol. The van der Waals surface area contributed by atoms with Crippen molar-refractivity contribution in [2.45, 2.75) is 19.4 Å². The summed E-state index contributed by atoms with van der Waals surface area (Å²) in [7, 11) is 1.71. The first-order valence-electron chi connectivity index (χ1n) is 6.36. The lowest BCUT2D eigenvalue weighted by Gasteiger charge is -2.31. The molecule has 1 aromatic rings. The van der Waals surface area contributed by atoms with Crippen LogP contribution < -0.4 is 10.1 Å². The van der Waals surface area contributed by atoms with Crippen molar-refractivity contribution < 1.29 is 4.74 Å². The van der Waals surface area contributed by atoms with Crippen molar-refractivity contribution in [2.24, 2.45) is 0 Å². The number of piperazine rings is 1. The lowest BCUT2D eigenvalue weighted by Crippen LogP contribution is -2.49. The monoisotopic (exact) mass is 234 g/mol. The summed E-state index contributed by atoms with van der Waals surface area (Å²) in [5.74, 6) is 0.935. The van der Waals surface area contributed by atoms with Crippen LogP contribution >= 0.6 is 0 Å². The lowest BCUT2D eigenvalue weighted by molar-refractivity contribution is 0.209. The number of nitrogens with one attached hydrogen (secondary N) is 1. The molecule has 3 heteroatoms. The molecule has 1 saturated heterocycles. The maximum absolute atomic E-state index is 5.16. The van der Waals surface area contributed by atoms with Crippen molar-refractivity contribution >= 4 is 0 Å². The standard InChI is InChI=1S/C14H22N2O/c1-12-11-16(10-8-15-12)9-7-13-3-5-14(17-2)6-4-13/h3-6,12,15H,7-11H2,1-2H3. The highest BCUT2D eigenvalue weighted by molar-refractivity contribution is 5.27. The first-order valence-corrected chi connectivity index (χ1v) is 6.36. The molecule has 0 amide bonds. The molecule has 0 radical (unpaired) electrons. The number of hydrogen-bond acceptors (Lipinski definition) is 3. The van der Waals surface area contributed by atoms with Gasteiger partial charge in [0.25, 0.3) is 0 Å². The Bertz CT molecular complexity index is 337. The molecule has 0 bridgehead atoms. The molecule has 1 aliphatic heterocycles. The molecule has 1 aromatic carbocycles. The lowest BCUT2D eigenvalue weighted by atomic mass is 10.1. The van der Waals surface area contributed by atoms with Gasteiger partial charge >= 0.3 is 0 Å². The van der Waals surface area contributed by atoms with Gasteiger partial charge in [0.2, 0.25) is 0 Å². The Balaban J connectivity index is 1.80. The molecule has 1 fully saturated rings. The minimum absolute atomic E-state index is 0.625. The Morgan fingerprint density at radius 3 is 2.76 bits per heavy atom. The van der Waals surface area contributed by atoms with E-state index in [0.717, 1.165) is 31.8 Å². The molecule has 0 aromatic heterocycles. The Hall–Kier alpha value is -1.06. The number of hydrogen-bond donors (Lipinski definition) is 1. The number of ether oxygens (including phenoxy) is 1. The van der Waals surface area contributed by atoms with Crippen LogP contribution in [0.1, 0.15) is 12.5 Å². The minimum Gasteiger partial charge on any atom is -0.497 e. The van der Waals surface area contributed by atoms with Gasteiger partial charge in [0.1, 0.15) is 5.75 Å². The van der Waals surface area contributed by atoms with Crippen molar-refractivity contribution in [1.82, 2.24) is 10.2 Å². The second-order valence-electron chi connectivity index (χ2n) is 4.75. The Morgan fingerprint density at radius 1 is 1.35 bits per heavy atom. The zero-order chi connectivity index (χ0) is 12.1. The summed E-state index contributed by atoms with van der Waals surface area (Å²) in [5.41, 5.74) is 1.39. The van der Waals surface area contributed by atoms with Crippen LogP contribution in [0.15, 0.2) is 24.3 Å². The molecule has 2 rings (SSSR count). The van der Waals surface area contributed by atoms with Gasteiger partial charge in [-0.1, -0.05) is 12.1 Å². The quantitative estimate of drug-likeness (QED) is 0.855. The SMILES string of the molecule is COc1ccc(CCN2CCNC(C)C2)cc1. The summed E-state index contributed by atoms with van der Waals surface area (Å²) in [5, 5.41) is 3.47. The van der Waals surface area contributed by atoms with Gasteiger partial charge in [-0.25, -0.2) is 0 Å². The topological polar surface area (TPSA) is 24.5 Å². The van der Waals surface area contributed by atoms with E-state index in [0.29, 0.717) is 6.04 Å². The van der Waals surface area contributed by atoms with Gasteiger partial charge in [0.05, 0.1) is 7.11 Å². The van der Waals surface area contributed by atoms with Gasteiger partial charge in [-0.3, -0.25) is 0 Å². The average Bonchev–Trinajstić information content (AvgIpc) is 2.37. The number of rotatable bonds is 4. The highest BCUT2D eigenvalue weighted by Crippen LogP contribution is 2.12. The molecule has 1 N–H and O–H groups in total. The maximum atomic E-state index is 5.16. The molecule has 1 aliphatic rings. The third-order valence-corrected chi connectivity index (χ3v) is 3.33. The normalized spacial score (nSPS) is 21.4. The molecule has 17 heavy (non-hydrogen) atoms. The average molecular weight is 234 g/mol. The summed E-state index contributed by atoms with van der Waals surface area (Å²) >= 11 is 0. The number of nitrogens with zero attached hydrogens (tertiary/aromatic N) is 1. The molecule has 1 heterocycles. The summed E-state index contributed by atoms with van der Waals surface area (Å²) in [6.07, 6.45) is 1.12. The summed E-state index contributed by atoms with van der Waals surface area (Å²) < 4.78 is 5.16. The largest absolute Gasteiger partial charge is 0.497 e. The second-order valence-corrected chi connectivity index (χ2v) is 4.75. The van der Waals surface area contributed by atoms with E-state index in [9.17, 15) is 0 Å². The fourth-order valence-electron chi connectivity index (χ4n) is 2.29. The fraction of sp³-hybridized carbons (Fsp3) is 0.571. The Kier molecular flexibility index (Phi) is 4.40. The van der Waals surface area contributed by atoms with Crippen molar-refractivity contribution in [3.05, 3.63) is 29.8 Å². The van der Waals surface area contributed by atoms with Gasteiger partial charge in [-0.2, -0.15) is 0 Å². The molecule has 3 nitrogen and oxygen atoms in total. The zero-order valence-corrected chi connectivity index (χ0v) is 10.8. The van der Waals surface area contributed by atoms with E-state index in [2.05, 4.69) is 29.3 Å². The molecule has 1 unspecified atom stereocenters. The number of benzene rings is 1. The molecule has 0 saturated carbocycles. The van der Waals surface area contributed by atoms with Crippen LogP contribution in [0.5, 0.6) is 5.75 Å². The van der Waals surface area contributed by atoms with Gasteiger partial charge in [-0.05, 0) is 31.0 Å². The van der Waals surface area contributed by atoms with Crippen molar-refractivity contribution in [3.8, 4) is 5.75 Å². The van der Waals surface area contributed by atoms with Crippen molar-refractivity contribution in [3.63, 3.8) is 0 Å². The van der Waals surface area contributed by atoms with E-state index in [1.54, 1.807) is 7.11 Å². The van der Waals surface area contributed by atoms with Crippen LogP contribution in [0, 0.1) is 0 Å². The van der Waals surface area contributed by atoms with Gasteiger partial charge in [-0.15, -0.1) is 0 Å². The van der Waals surface area contributed by atoms with Crippen LogP contribution in [0.4, 0.5) is 0 Å². The summed E-state index contributed by atoms with van der Waals surface area (Å²) in [4.78, 5) is 2.53. The van der Waals surface area contributed by atoms with Crippen LogP contribution in [0.25, 0.3) is 0 Å². The third kappa shape index (κ3) is 3.72. The van der Waals surface area contributed by atoms with E-state index in [1.807, 2.05) is 12.1 Å². The summed E-state index contributed by atoms with van der Waals surface area (Å²) in [6, 6.07) is 9.01. The van der Waals surface area contributed by atoms with Crippen LogP contribution in [-0.4, -0.2) is 44.2 Å². The van der Waals surface area contributed by atoms with Crippen LogP contribution in [0.2, 0.25) is 0 Å². The highest BCUT2D eigenvalue weighted by atomic mass is 16.5. The maximum Gasteiger partial charge on any atom is 0.118 e. The predicted molar refractivity (Wildman–Crippen MR) is 70.6 cm³/mol. The van der Waals surface area contributed by atoms with E-state index in [1.165, 1.54) is 12.1 Å².